The molecule has 0 spiro atoms. The zero-order valence-electron chi connectivity index (χ0n) is 14.0. The standard InChI is InChI=1S/C21H21ClN2/c1-5-8-12-17(16(4)22)18-13-9-10-14-19(18)20-15-24(7-3)21(23-20)11-6-2/h5-15H,3-4H2,1-2H3/b8-5-,11-6-,17-12+. The molecule has 0 unspecified atom stereocenters. The molecule has 0 aliphatic heterocycles. The van der Waals surface area contributed by atoms with Crippen molar-refractivity contribution in [2.45, 2.75) is 13.8 Å². The molecule has 0 amide bonds. The number of aromatic nitrogens is 2. The molecule has 0 fully saturated rings. The van der Waals surface area contributed by atoms with Crippen LogP contribution in [0.1, 0.15) is 25.2 Å². The molecule has 0 saturated heterocycles. The number of rotatable bonds is 6. The van der Waals surface area contributed by atoms with Crippen LogP contribution in [0.25, 0.3) is 29.1 Å². The molecule has 1 aromatic carbocycles. The van der Waals surface area contributed by atoms with Gasteiger partial charge in [-0.1, -0.05) is 73.3 Å². The largest absolute Gasteiger partial charge is 0.307 e. The summed E-state index contributed by atoms with van der Waals surface area (Å²) < 4.78 is 1.90. The topological polar surface area (TPSA) is 17.8 Å². The molecule has 2 rings (SSSR count). The highest BCUT2D eigenvalue weighted by atomic mass is 35.5. The Morgan fingerprint density at radius 1 is 1.21 bits per heavy atom. The van der Waals surface area contributed by atoms with Crippen LogP contribution >= 0.6 is 11.6 Å². The SMILES string of the molecule is C=Cn1cc(-c2ccccc2/C(=C/C=C\C)C(=C)Cl)nc1/C=C\C. The second-order valence-electron chi connectivity index (χ2n) is 5.13. The summed E-state index contributed by atoms with van der Waals surface area (Å²) in [4.78, 5) is 4.71. The molecular formula is C21H21ClN2. The van der Waals surface area contributed by atoms with Crippen LogP contribution in [0.3, 0.4) is 0 Å². The van der Waals surface area contributed by atoms with Crippen molar-refractivity contribution < 1.29 is 0 Å². The van der Waals surface area contributed by atoms with Crippen molar-refractivity contribution in [2.75, 3.05) is 0 Å². The Balaban J connectivity index is 2.65. The number of hydrogen-bond acceptors (Lipinski definition) is 1. The van der Waals surface area contributed by atoms with Gasteiger partial charge in [-0.2, -0.15) is 0 Å². The van der Waals surface area contributed by atoms with E-state index in [0.717, 1.165) is 28.2 Å². The molecule has 0 N–H and O–H groups in total. The second-order valence-corrected chi connectivity index (χ2v) is 5.59. The molecule has 0 saturated carbocycles. The maximum atomic E-state index is 6.24. The quantitative estimate of drug-likeness (QED) is 0.558. The van der Waals surface area contributed by atoms with Gasteiger partial charge < -0.3 is 4.57 Å². The van der Waals surface area contributed by atoms with E-state index >= 15 is 0 Å². The van der Waals surface area contributed by atoms with Crippen molar-refractivity contribution in [1.29, 1.82) is 0 Å². The Hall–Kier alpha value is -2.58. The van der Waals surface area contributed by atoms with Crippen LogP contribution in [0.15, 0.2) is 73.0 Å². The Morgan fingerprint density at radius 3 is 2.58 bits per heavy atom. The third kappa shape index (κ3) is 3.84. The molecule has 0 aliphatic carbocycles. The van der Waals surface area contributed by atoms with Crippen LogP contribution in [-0.4, -0.2) is 9.55 Å². The molecule has 2 aromatic rings. The molecule has 24 heavy (non-hydrogen) atoms. The van der Waals surface area contributed by atoms with E-state index in [2.05, 4.69) is 13.2 Å². The van der Waals surface area contributed by atoms with Crippen LogP contribution in [0.2, 0.25) is 0 Å². The average molecular weight is 337 g/mol. The fraction of sp³-hybridized carbons (Fsp3) is 0.0952. The normalized spacial score (nSPS) is 12.2. The fourth-order valence-electron chi connectivity index (χ4n) is 2.42. The van der Waals surface area contributed by atoms with Gasteiger partial charge in [-0.15, -0.1) is 0 Å². The van der Waals surface area contributed by atoms with Crippen LogP contribution in [0, 0.1) is 0 Å². The van der Waals surface area contributed by atoms with Gasteiger partial charge in [0.05, 0.1) is 5.69 Å². The lowest BCUT2D eigenvalue weighted by atomic mass is 9.97. The monoisotopic (exact) mass is 336 g/mol. The number of imidazole rings is 1. The van der Waals surface area contributed by atoms with Crippen LogP contribution < -0.4 is 0 Å². The van der Waals surface area contributed by atoms with Crippen molar-refractivity contribution >= 4 is 29.5 Å². The van der Waals surface area contributed by atoms with Gasteiger partial charge in [0.1, 0.15) is 5.82 Å². The molecule has 1 heterocycles. The van der Waals surface area contributed by atoms with E-state index in [1.165, 1.54) is 0 Å². The van der Waals surface area contributed by atoms with Gasteiger partial charge in [0.15, 0.2) is 0 Å². The summed E-state index contributed by atoms with van der Waals surface area (Å²) in [6, 6.07) is 8.04. The summed E-state index contributed by atoms with van der Waals surface area (Å²) in [6.45, 7) is 11.7. The van der Waals surface area contributed by atoms with Crippen molar-refractivity contribution in [3.8, 4) is 11.3 Å². The van der Waals surface area contributed by atoms with Crippen molar-refractivity contribution in [3.63, 3.8) is 0 Å². The zero-order chi connectivity index (χ0) is 17.5. The van der Waals surface area contributed by atoms with Gasteiger partial charge in [-0.3, -0.25) is 0 Å². The first kappa shape index (κ1) is 17.8. The minimum atomic E-state index is 0.498. The summed E-state index contributed by atoms with van der Waals surface area (Å²) in [7, 11) is 0. The van der Waals surface area contributed by atoms with E-state index in [4.69, 9.17) is 16.6 Å². The van der Waals surface area contributed by atoms with Crippen LogP contribution in [-0.2, 0) is 0 Å². The smallest absolute Gasteiger partial charge is 0.137 e. The van der Waals surface area contributed by atoms with E-state index in [-0.39, 0.29) is 0 Å². The van der Waals surface area contributed by atoms with Gasteiger partial charge in [0.25, 0.3) is 0 Å². The van der Waals surface area contributed by atoms with E-state index in [9.17, 15) is 0 Å². The lowest BCUT2D eigenvalue weighted by molar-refractivity contribution is 1.11. The molecule has 122 valence electrons. The highest BCUT2D eigenvalue weighted by Gasteiger charge is 2.14. The Labute approximate surface area is 148 Å². The third-order valence-electron chi connectivity index (χ3n) is 3.51. The van der Waals surface area contributed by atoms with Gasteiger partial charge in [-0.25, -0.2) is 4.98 Å². The number of hydrogen-bond donors (Lipinski definition) is 0. The minimum Gasteiger partial charge on any atom is -0.307 e. The van der Waals surface area contributed by atoms with Gasteiger partial charge in [0.2, 0.25) is 0 Å². The Morgan fingerprint density at radius 2 is 1.96 bits per heavy atom. The van der Waals surface area contributed by atoms with Crippen LogP contribution in [0.5, 0.6) is 0 Å². The summed E-state index contributed by atoms with van der Waals surface area (Å²) in [5.41, 5.74) is 3.74. The average Bonchev–Trinajstić information content (AvgIpc) is 2.98. The Kier molecular flexibility index (Phi) is 6.16. The lowest BCUT2D eigenvalue weighted by Gasteiger charge is -2.10. The van der Waals surface area contributed by atoms with Gasteiger partial charge in [0, 0.05) is 28.6 Å². The second kappa shape index (κ2) is 8.32. The predicted molar refractivity (Wildman–Crippen MR) is 107 cm³/mol. The molecular weight excluding hydrogens is 316 g/mol. The summed E-state index contributed by atoms with van der Waals surface area (Å²) in [6.07, 6.45) is 13.5. The highest BCUT2D eigenvalue weighted by Crippen LogP contribution is 2.33. The van der Waals surface area contributed by atoms with E-state index < -0.39 is 0 Å². The van der Waals surface area contributed by atoms with Crippen molar-refractivity contribution in [1.82, 2.24) is 9.55 Å². The maximum absolute atomic E-state index is 6.24. The minimum absolute atomic E-state index is 0.498. The number of benzene rings is 1. The molecule has 0 bridgehead atoms. The first-order valence-electron chi connectivity index (χ1n) is 7.74. The van der Waals surface area contributed by atoms with Crippen LogP contribution in [0.4, 0.5) is 0 Å². The number of allylic oxidation sites excluding steroid dienone is 6. The van der Waals surface area contributed by atoms with E-state index in [0.29, 0.717) is 5.03 Å². The molecule has 1 aromatic heterocycles. The fourth-order valence-corrected chi connectivity index (χ4v) is 2.58. The number of halogens is 1. The first-order chi connectivity index (χ1) is 11.6. The van der Waals surface area contributed by atoms with Crippen molar-refractivity contribution in [3.05, 3.63) is 84.3 Å². The molecule has 0 atom stereocenters. The molecule has 0 aliphatic rings. The van der Waals surface area contributed by atoms with E-state index in [1.807, 2.05) is 79.3 Å². The highest BCUT2D eigenvalue weighted by molar-refractivity contribution is 6.36. The number of nitrogens with zero attached hydrogens (tertiary/aromatic N) is 2. The molecule has 0 radical (unpaired) electrons. The molecule has 3 heteroatoms. The summed E-state index contributed by atoms with van der Waals surface area (Å²) in [5, 5.41) is 0.498. The summed E-state index contributed by atoms with van der Waals surface area (Å²) >= 11 is 6.24. The zero-order valence-corrected chi connectivity index (χ0v) is 14.8. The predicted octanol–water partition coefficient (Wildman–Crippen LogP) is 6.40. The molecule has 2 nitrogen and oxygen atoms in total. The van der Waals surface area contributed by atoms with Gasteiger partial charge >= 0.3 is 0 Å². The van der Waals surface area contributed by atoms with Gasteiger partial charge in [-0.05, 0) is 25.5 Å². The first-order valence-corrected chi connectivity index (χ1v) is 8.11. The summed E-state index contributed by atoms with van der Waals surface area (Å²) in [5.74, 6) is 0.834. The Bertz CT molecular complexity index is 835. The third-order valence-corrected chi connectivity index (χ3v) is 3.72. The maximum Gasteiger partial charge on any atom is 0.137 e. The lowest BCUT2D eigenvalue weighted by Crippen LogP contribution is -1.90. The van der Waals surface area contributed by atoms with Crippen molar-refractivity contribution in [2.24, 2.45) is 0 Å². The van der Waals surface area contributed by atoms with E-state index in [1.54, 1.807) is 6.20 Å².